The van der Waals surface area contributed by atoms with Crippen LogP contribution in [0.25, 0.3) is 27.9 Å². The first-order valence-corrected chi connectivity index (χ1v) is 11.6. The van der Waals surface area contributed by atoms with E-state index in [0.29, 0.717) is 11.4 Å². The van der Waals surface area contributed by atoms with Crippen LogP contribution in [-0.4, -0.2) is 33.0 Å². The molecule has 0 aliphatic carbocycles. The van der Waals surface area contributed by atoms with Gasteiger partial charge in [0.05, 0.1) is 0 Å². The molecule has 0 fully saturated rings. The van der Waals surface area contributed by atoms with Crippen LogP contribution < -0.4 is 5.32 Å². The lowest BCUT2D eigenvalue weighted by Crippen LogP contribution is -2.24. The van der Waals surface area contributed by atoms with Crippen molar-refractivity contribution in [3.63, 3.8) is 0 Å². The molecule has 0 saturated heterocycles. The smallest absolute Gasteiger partial charge is 0.298 e. The van der Waals surface area contributed by atoms with Gasteiger partial charge in [0.15, 0.2) is 0 Å². The molecule has 0 radical (unpaired) electrons. The monoisotopic (exact) mass is 460 g/mol. The maximum absolute atomic E-state index is 13.5. The number of Topliss-reactive ketones (excluding diaryl/α,β-unsaturated/α-hetero) is 1. The van der Waals surface area contributed by atoms with Crippen molar-refractivity contribution in [3.8, 4) is 22.4 Å². The number of pyridine rings is 1. The lowest BCUT2D eigenvalue weighted by Gasteiger charge is -2.09. The highest BCUT2D eigenvalue weighted by Crippen LogP contribution is 2.32. The molecule has 4 heterocycles. The van der Waals surface area contributed by atoms with Gasteiger partial charge in [0.25, 0.3) is 11.7 Å². The molecule has 0 atom stereocenters. The van der Waals surface area contributed by atoms with Crippen LogP contribution in [0.4, 0.5) is 5.69 Å². The third-order valence-electron chi connectivity index (χ3n) is 6.55. The molecule has 5 aromatic rings. The Bertz CT molecular complexity index is 1560. The fraction of sp³-hybridized carbons (Fsp3) is 0.103. The van der Waals surface area contributed by atoms with Gasteiger partial charge in [-0.2, -0.15) is 0 Å². The zero-order valence-corrected chi connectivity index (χ0v) is 19.3. The highest BCUT2D eigenvalue weighted by atomic mass is 16.2. The lowest BCUT2D eigenvalue weighted by molar-refractivity contribution is -0.112. The van der Waals surface area contributed by atoms with E-state index >= 15 is 0 Å². The van der Waals surface area contributed by atoms with Crippen LogP contribution >= 0.6 is 0 Å². The molecule has 6 rings (SSSR count). The zero-order valence-electron chi connectivity index (χ0n) is 19.3. The Balaban J connectivity index is 1.33. The molecule has 0 saturated carbocycles. The van der Waals surface area contributed by atoms with Crippen molar-refractivity contribution in [2.75, 3.05) is 12.4 Å². The standard InChI is InChI=1S/C29H24N4O2/c1-32-17-21-8-7-20(15-22(21)18-32)25-16-24-5-2-3-14-33(24)27(25)28(34)29(35)31-23-11-9-19(10-12-23)26-6-4-13-30-26/h2-16,30H,17-18H2,1H3,(H,31,35). The predicted molar refractivity (Wildman–Crippen MR) is 137 cm³/mol. The van der Waals surface area contributed by atoms with E-state index < -0.39 is 11.7 Å². The molecule has 0 spiro atoms. The van der Waals surface area contributed by atoms with E-state index in [2.05, 4.69) is 34.4 Å². The van der Waals surface area contributed by atoms with Crippen LogP contribution in [0.2, 0.25) is 0 Å². The maximum Gasteiger partial charge on any atom is 0.298 e. The third-order valence-corrected chi connectivity index (χ3v) is 6.55. The Labute approximate surface area is 202 Å². The summed E-state index contributed by atoms with van der Waals surface area (Å²) in [5.41, 5.74) is 8.05. The van der Waals surface area contributed by atoms with Gasteiger partial charge in [0, 0.05) is 47.9 Å². The van der Waals surface area contributed by atoms with Gasteiger partial charge in [0.1, 0.15) is 5.69 Å². The minimum Gasteiger partial charge on any atom is -0.361 e. The first-order valence-electron chi connectivity index (χ1n) is 11.6. The van der Waals surface area contributed by atoms with Crippen LogP contribution in [-0.2, 0) is 17.9 Å². The highest BCUT2D eigenvalue weighted by Gasteiger charge is 2.26. The van der Waals surface area contributed by atoms with E-state index in [0.717, 1.165) is 41.0 Å². The number of aromatic amines is 1. The van der Waals surface area contributed by atoms with Crippen molar-refractivity contribution in [3.05, 3.63) is 108 Å². The number of ketones is 1. The Morgan fingerprint density at radius 3 is 2.46 bits per heavy atom. The number of hydrogen-bond donors (Lipinski definition) is 2. The molecule has 1 aliphatic rings. The summed E-state index contributed by atoms with van der Waals surface area (Å²) in [6.45, 7) is 1.79. The minimum atomic E-state index is -0.663. The fourth-order valence-corrected chi connectivity index (χ4v) is 4.85. The first kappa shape index (κ1) is 21.1. The number of H-pyrrole nitrogens is 1. The first-order chi connectivity index (χ1) is 17.1. The number of benzene rings is 2. The summed E-state index contributed by atoms with van der Waals surface area (Å²) in [7, 11) is 2.09. The van der Waals surface area contributed by atoms with Crippen LogP contribution in [0.3, 0.4) is 0 Å². The van der Waals surface area contributed by atoms with Crippen molar-refractivity contribution in [2.45, 2.75) is 13.1 Å². The molecule has 2 aromatic carbocycles. The van der Waals surface area contributed by atoms with E-state index in [9.17, 15) is 9.59 Å². The van der Waals surface area contributed by atoms with Gasteiger partial charge in [0.2, 0.25) is 0 Å². The topological polar surface area (TPSA) is 69.6 Å². The number of nitrogens with zero attached hydrogens (tertiary/aromatic N) is 2. The average Bonchev–Trinajstić information content (AvgIpc) is 3.61. The summed E-state index contributed by atoms with van der Waals surface area (Å²) in [5.74, 6) is -1.24. The van der Waals surface area contributed by atoms with Gasteiger partial charge in [-0.3, -0.25) is 14.5 Å². The van der Waals surface area contributed by atoms with Gasteiger partial charge in [-0.05, 0) is 77.8 Å². The minimum absolute atomic E-state index is 0.368. The van der Waals surface area contributed by atoms with Gasteiger partial charge in [-0.15, -0.1) is 0 Å². The normalized spacial score (nSPS) is 13.2. The average molecular weight is 461 g/mol. The summed E-state index contributed by atoms with van der Waals surface area (Å²) < 4.78 is 1.80. The summed E-state index contributed by atoms with van der Waals surface area (Å²) in [5, 5.41) is 2.77. The van der Waals surface area contributed by atoms with E-state index in [1.54, 1.807) is 16.5 Å². The molecule has 6 nitrogen and oxygen atoms in total. The van der Waals surface area contributed by atoms with E-state index in [1.807, 2.05) is 67.0 Å². The van der Waals surface area contributed by atoms with Crippen LogP contribution in [0.15, 0.2) is 91.3 Å². The van der Waals surface area contributed by atoms with E-state index in [4.69, 9.17) is 0 Å². The number of anilines is 1. The summed E-state index contributed by atoms with van der Waals surface area (Å²) in [4.78, 5) is 32.0. The number of carbonyl (C=O) groups is 2. The Kier molecular flexibility index (Phi) is 5.08. The van der Waals surface area contributed by atoms with Crippen molar-refractivity contribution >= 4 is 22.9 Å². The van der Waals surface area contributed by atoms with E-state index in [-0.39, 0.29) is 0 Å². The quantitative estimate of drug-likeness (QED) is 0.274. The van der Waals surface area contributed by atoms with Gasteiger partial charge >= 0.3 is 0 Å². The van der Waals surface area contributed by atoms with Crippen molar-refractivity contribution in [2.24, 2.45) is 0 Å². The Morgan fingerprint density at radius 2 is 1.66 bits per heavy atom. The summed E-state index contributed by atoms with van der Waals surface area (Å²) in [6, 6.07) is 25.3. The second-order valence-electron chi connectivity index (χ2n) is 9.00. The molecular formula is C29H24N4O2. The summed E-state index contributed by atoms with van der Waals surface area (Å²) in [6.07, 6.45) is 3.69. The second-order valence-corrected chi connectivity index (χ2v) is 9.00. The fourth-order valence-electron chi connectivity index (χ4n) is 4.85. The van der Waals surface area contributed by atoms with Crippen molar-refractivity contribution in [1.29, 1.82) is 0 Å². The SMILES string of the molecule is CN1Cc2ccc(-c3cc4ccccn4c3C(=O)C(=O)Nc3ccc(-c4ccc[nH]4)cc3)cc2C1. The second kappa shape index (κ2) is 8.42. The molecular weight excluding hydrogens is 436 g/mol. The molecule has 2 N–H and O–H groups in total. The van der Waals surface area contributed by atoms with Crippen LogP contribution in [0.1, 0.15) is 21.6 Å². The number of rotatable bonds is 5. The molecule has 1 aliphatic heterocycles. The molecule has 0 bridgehead atoms. The Hall–Kier alpha value is -4.42. The molecule has 6 heteroatoms. The predicted octanol–water partition coefficient (Wildman–Crippen LogP) is 5.37. The number of nitrogens with one attached hydrogen (secondary N) is 2. The molecule has 1 amide bonds. The largest absolute Gasteiger partial charge is 0.361 e. The number of carbonyl (C=O) groups excluding carboxylic acids is 2. The van der Waals surface area contributed by atoms with Gasteiger partial charge in [-0.25, -0.2) is 0 Å². The number of aromatic nitrogens is 2. The van der Waals surface area contributed by atoms with Crippen molar-refractivity contribution < 1.29 is 9.59 Å². The molecule has 35 heavy (non-hydrogen) atoms. The number of fused-ring (bicyclic) bond motifs is 2. The maximum atomic E-state index is 13.5. The zero-order chi connectivity index (χ0) is 23.9. The van der Waals surface area contributed by atoms with Crippen LogP contribution in [0, 0.1) is 0 Å². The molecule has 3 aromatic heterocycles. The summed E-state index contributed by atoms with van der Waals surface area (Å²) >= 11 is 0. The van der Waals surface area contributed by atoms with Gasteiger partial charge < -0.3 is 14.7 Å². The van der Waals surface area contributed by atoms with E-state index in [1.165, 1.54) is 11.1 Å². The highest BCUT2D eigenvalue weighted by molar-refractivity contribution is 6.47. The lowest BCUT2D eigenvalue weighted by atomic mass is 9.99. The van der Waals surface area contributed by atoms with Crippen LogP contribution in [0.5, 0.6) is 0 Å². The third kappa shape index (κ3) is 3.84. The number of amides is 1. The van der Waals surface area contributed by atoms with Gasteiger partial charge in [-0.1, -0.05) is 30.3 Å². The molecule has 0 unspecified atom stereocenters. The van der Waals surface area contributed by atoms with Crippen molar-refractivity contribution in [1.82, 2.24) is 14.3 Å². The Morgan fingerprint density at radius 1 is 0.857 bits per heavy atom. The number of hydrogen-bond acceptors (Lipinski definition) is 3. The molecule has 172 valence electrons.